The summed E-state index contributed by atoms with van der Waals surface area (Å²) in [5.74, 6) is 3.44. The Kier molecular flexibility index (Phi) is 4.46. The van der Waals surface area contributed by atoms with E-state index in [1.807, 2.05) is 13.1 Å². The van der Waals surface area contributed by atoms with Crippen molar-refractivity contribution in [3.63, 3.8) is 0 Å². The fourth-order valence-electron chi connectivity index (χ4n) is 4.18. The van der Waals surface area contributed by atoms with E-state index in [0.29, 0.717) is 5.92 Å². The van der Waals surface area contributed by atoms with Gasteiger partial charge in [-0.15, -0.1) is 0 Å². The van der Waals surface area contributed by atoms with Gasteiger partial charge in [0.15, 0.2) is 0 Å². The largest absolute Gasteiger partial charge is 0.472 e. The molecule has 2 aliphatic heterocycles. The number of hydrogen-bond donors (Lipinski definition) is 0. The Morgan fingerprint density at radius 1 is 1.20 bits per heavy atom. The quantitative estimate of drug-likeness (QED) is 0.855. The zero-order valence-corrected chi connectivity index (χ0v) is 15.4. The third kappa shape index (κ3) is 3.27. The Bertz CT molecular complexity index is 748. The maximum Gasteiger partial charge on any atom is 0.220 e. The molecule has 6 heteroatoms. The lowest BCUT2D eigenvalue weighted by molar-refractivity contribution is 0.124. The van der Waals surface area contributed by atoms with E-state index in [-0.39, 0.29) is 6.10 Å². The van der Waals surface area contributed by atoms with Crippen LogP contribution in [-0.4, -0.2) is 50.2 Å². The van der Waals surface area contributed by atoms with E-state index in [1.54, 1.807) is 0 Å². The van der Waals surface area contributed by atoms with Gasteiger partial charge in [-0.3, -0.25) is 4.90 Å². The standard InChI is InChI=1S/C19H27N5O/c1-4-24-10-7-20-18(24)15-5-8-23(9-6-15)12-16-11-17-13(2)21-14(3)22-19(17)25-16/h7,10,15-16H,4-6,8-9,11-12H2,1-3H3/t16-/m0/s1. The number of imidazole rings is 1. The van der Waals surface area contributed by atoms with Crippen molar-refractivity contribution in [3.05, 3.63) is 35.3 Å². The molecule has 0 N–H and O–H groups in total. The van der Waals surface area contributed by atoms with Crippen molar-refractivity contribution >= 4 is 0 Å². The second-order valence-corrected chi connectivity index (χ2v) is 7.23. The van der Waals surface area contributed by atoms with Gasteiger partial charge in [-0.1, -0.05) is 0 Å². The van der Waals surface area contributed by atoms with Crippen LogP contribution in [0.25, 0.3) is 0 Å². The molecule has 0 aliphatic carbocycles. The summed E-state index contributed by atoms with van der Waals surface area (Å²) in [7, 11) is 0. The molecule has 2 aromatic rings. The Labute approximate surface area is 149 Å². The van der Waals surface area contributed by atoms with Gasteiger partial charge in [0, 0.05) is 49.1 Å². The highest BCUT2D eigenvalue weighted by Gasteiger charge is 2.30. The van der Waals surface area contributed by atoms with Crippen LogP contribution in [0.3, 0.4) is 0 Å². The Balaban J connectivity index is 1.33. The second-order valence-electron chi connectivity index (χ2n) is 7.23. The van der Waals surface area contributed by atoms with Gasteiger partial charge >= 0.3 is 0 Å². The van der Waals surface area contributed by atoms with E-state index >= 15 is 0 Å². The van der Waals surface area contributed by atoms with Crippen molar-refractivity contribution in [2.45, 2.75) is 58.6 Å². The smallest absolute Gasteiger partial charge is 0.220 e. The molecule has 4 rings (SSSR count). The van der Waals surface area contributed by atoms with Gasteiger partial charge in [0.25, 0.3) is 0 Å². The van der Waals surface area contributed by atoms with Crippen LogP contribution in [0.2, 0.25) is 0 Å². The summed E-state index contributed by atoms with van der Waals surface area (Å²) in [5.41, 5.74) is 2.26. The monoisotopic (exact) mass is 341 g/mol. The first kappa shape index (κ1) is 16.5. The molecule has 25 heavy (non-hydrogen) atoms. The van der Waals surface area contributed by atoms with Crippen LogP contribution in [0, 0.1) is 13.8 Å². The number of hydrogen-bond acceptors (Lipinski definition) is 5. The minimum Gasteiger partial charge on any atom is -0.472 e. The van der Waals surface area contributed by atoms with Crippen molar-refractivity contribution in [1.82, 2.24) is 24.4 Å². The molecule has 1 fully saturated rings. The summed E-state index contributed by atoms with van der Waals surface area (Å²) >= 11 is 0. The van der Waals surface area contributed by atoms with Crippen LogP contribution in [0.5, 0.6) is 5.88 Å². The molecular weight excluding hydrogens is 314 g/mol. The van der Waals surface area contributed by atoms with Crippen LogP contribution in [0.1, 0.15) is 48.6 Å². The van der Waals surface area contributed by atoms with Crippen molar-refractivity contribution < 1.29 is 4.74 Å². The average Bonchev–Trinajstić information content (AvgIpc) is 3.22. The molecular formula is C19H27N5O. The van der Waals surface area contributed by atoms with E-state index in [2.05, 4.69) is 44.5 Å². The number of fused-ring (bicyclic) bond motifs is 1. The maximum absolute atomic E-state index is 6.10. The molecule has 134 valence electrons. The summed E-state index contributed by atoms with van der Waals surface area (Å²) < 4.78 is 8.38. The predicted molar refractivity (Wildman–Crippen MR) is 95.9 cm³/mol. The molecule has 4 heterocycles. The van der Waals surface area contributed by atoms with E-state index in [1.165, 1.54) is 24.2 Å². The zero-order valence-electron chi connectivity index (χ0n) is 15.4. The molecule has 0 unspecified atom stereocenters. The first-order chi connectivity index (χ1) is 12.1. The van der Waals surface area contributed by atoms with E-state index < -0.39 is 0 Å². The van der Waals surface area contributed by atoms with Crippen molar-refractivity contribution in [3.8, 4) is 5.88 Å². The number of aryl methyl sites for hydroxylation is 3. The Hall–Kier alpha value is -1.95. The highest BCUT2D eigenvalue weighted by molar-refractivity contribution is 5.34. The zero-order chi connectivity index (χ0) is 17.4. The topological polar surface area (TPSA) is 56.1 Å². The van der Waals surface area contributed by atoms with Crippen LogP contribution >= 0.6 is 0 Å². The summed E-state index contributed by atoms with van der Waals surface area (Å²) in [4.78, 5) is 16.0. The number of likely N-dealkylation sites (tertiary alicyclic amines) is 1. The fraction of sp³-hybridized carbons (Fsp3) is 0.632. The fourth-order valence-corrected chi connectivity index (χ4v) is 4.18. The lowest BCUT2D eigenvalue weighted by Crippen LogP contribution is -2.40. The minimum atomic E-state index is 0.207. The summed E-state index contributed by atoms with van der Waals surface area (Å²) in [5, 5.41) is 0. The molecule has 1 atom stereocenters. The van der Waals surface area contributed by atoms with E-state index in [4.69, 9.17) is 4.74 Å². The van der Waals surface area contributed by atoms with Gasteiger partial charge in [-0.05, 0) is 46.7 Å². The minimum absolute atomic E-state index is 0.207. The molecule has 2 aliphatic rings. The molecule has 0 aromatic carbocycles. The Morgan fingerprint density at radius 3 is 2.76 bits per heavy atom. The normalized spacial score (nSPS) is 21.3. The number of rotatable bonds is 4. The van der Waals surface area contributed by atoms with Gasteiger partial charge in [-0.25, -0.2) is 9.97 Å². The van der Waals surface area contributed by atoms with Gasteiger partial charge in [-0.2, -0.15) is 4.98 Å². The molecule has 0 amide bonds. The molecule has 2 aromatic heterocycles. The third-order valence-corrected chi connectivity index (χ3v) is 5.50. The summed E-state index contributed by atoms with van der Waals surface area (Å²) in [6.45, 7) is 10.4. The highest BCUT2D eigenvalue weighted by atomic mass is 16.5. The molecule has 6 nitrogen and oxygen atoms in total. The SMILES string of the molecule is CCn1ccnc1C1CCN(C[C@@H]2Cc3c(C)nc(C)nc3O2)CC1. The van der Waals surface area contributed by atoms with E-state index in [0.717, 1.165) is 50.0 Å². The first-order valence-electron chi connectivity index (χ1n) is 9.38. The summed E-state index contributed by atoms with van der Waals surface area (Å²) in [6.07, 6.45) is 7.51. The number of piperidine rings is 1. The highest BCUT2D eigenvalue weighted by Crippen LogP contribution is 2.31. The van der Waals surface area contributed by atoms with Crippen LogP contribution in [0.4, 0.5) is 0 Å². The van der Waals surface area contributed by atoms with Gasteiger partial charge in [0.2, 0.25) is 5.88 Å². The predicted octanol–water partition coefficient (Wildman–Crippen LogP) is 2.49. The lowest BCUT2D eigenvalue weighted by atomic mass is 9.95. The van der Waals surface area contributed by atoms with Gasteiger partial charge in [0.1, 0.15) is 17.8 Å². The third-order valence-electron chi connectivity index (χ3n) is 5.50. The van der Waals surface area contributed by atoms with E-state index in [9.17, 15) is 0 Å². The molecule has 0 spiro atoms. The maximum atomic E-state index is 6.10. The van der Waals surface area contributed by atoms with Crippen LogP contribution in [-0.2, 0) is 13.0 Å². The molecule has 1 saturated heterocycles. The Morgan fingerprint density at radius 2 is 2.00 bits per heavy atom. The van der Waals surface area contributed by atoms with Crippen molar-refractivity contribution in [1.29, 1.82) is 0 Å². The first-order valence-corrected chi connectivity index (χ1v) is 9.38. The molecule has 0 radical (unpaired) electrons. The van der Waals surface area contributed by atoms with Crippen LogP contribution in [0.15, 0.2) is 12.4 Å². The summed E-state index contributed by atoms with van der Waals surface area (Å²) in [6, 6.07) is 0. The number of ether oxygens (including phenoxy) is 1. The van der Waals surface area contributed by atoms with Gasteiger partial charge < -0.3 is 9.30 Å². The average molecular weight is 341 g/mol. The number of nitrogens with zero attached hydrogens (tertiary/aromatic N) is 5. The molecule has 0 saturated carbocycles. The second kappa shape index (κ2) is 6.75. The molecule has 0 bridgehead atoms. The van der Waals surface area contributed by atoms with Gasteiger partial charge in [0.05, 0.1) is 0 Å². The van der Waals surface area contributed by atoms with Crippen molar-refractivity contribution in [2.75, 3.05) is 19.6 Å². The van der Waals surface area contributed by atoms with Crippen molar-refractivity contribution in [2.24, 2.45) is 0 Å². The number of aromatic nitrogens is 4. The van der Waals surface area contributed by atoms with Crippen LogP contribution < -0.4 is 4.74 Å². The lowest BCUT2D eigenvalue weighted by Gasteiger charge is -2.33.